The Balaban J connectivity index is 1.22. The van der Waals surface area contributed by atoms with Crippen molar-refractivity contribution in [2.75, 3.05) is 63.5 Å². The molecule has 2 spiro atoms. The standard InChI is InChI=1S/C28H38F6N4O4S/c1-20(27(29,30)31)42-24(39)37-13-8-26(9-14-37)17-35(18-26)16-21-22(28(32,33)34)4-3-5-23(21)36-11-6-25(7-12-36)10-15-38(19-25)43(2,40)41/h3-5,20H,6-19H2,1-2H3. The summed E-state index contributed by atoms with van der Waals surface area (Å²) in [4.78, 5) is 17.4. The lowest BCUT2D eigenvalue weighted by molar-refractivity contribution is -0.200. The molecular weight excluding hydrogens is 602 g/mol. The summed E-state index contributed by atoms with van der Waals surface area (Å²) in [5, 5.41) is 0. The molecule has 4 aliphatic rings. The molecule has 0 radical (unpaired) electrons. The molecule has 1 aromatic carbocycles. The van der Waals surface area contributed by atoms with E-state index in [0.717, 1.165) is 19.4 Å². The molecule has 1 amide bonds. The van der Waals surface area contributed by atoms with E-state index in [1.165, 1.54) is 21.5 Å². The molecule has 8 nitrogen and oxygen atoms in total. The first-order valence-electron chi connectivity index (χ1n) is 14.5. The van der Waals surface area contributed by atoms with Gasteiger partial charge in [-0.15, -0.1) is 0 Å². The van der Waals surface area contributed by atoms with Crippen LogP contribution in [0.25, 0.3) is 0 Å². The SMILES string of the molecule is CC(OC(=O)N1CCC2(CC1)CN(Cc1c(N3CCC4(CC3)CCN(S(C)(=O)=O)C4)cccc1C(F)(F)F)C2)C(F)(F)F. The number of ether oxygens (including phenoxy) is 1. The van der Waals surface area contributed by atoms with Crippen molar-refractivity contribution in [2.24, 2.45) is 10.8 Å². The molecule has 4 saturated heterocycles. The topological polar surface area (TPSA) is 73.4 Å². The van der Waals surface area contributed by atoms with Crippen molar-refractivity contribution in [2.45, 2.75) is 64.0 Å². The highest BCUT2D eigenvalue weighted by Crippen LogP contribution is 2.46. The molecule has 4 heterocycles. The van der Waals surface area contributed by atoms with Gasteiger partial charge in [0.15, 0.2) is 6.10 Å². The van der Waals surface area contributed by atoms with Gasteiger partial charge in [-0.2, -0.15) is 26.3 Å². The van der Waals surface area contributed by atoms with Crippen LogP contribution in [0.1, 0.15) is 50.2 Å². The second-order valence-electron chi connectivity index (χ2n) is 12.8. The highest BCUT2D eigenvalue weighted by atomic mass is 32.2. The lowest BCUT2D eigenvalue weighted by atomic mass is 9.72. The third kappa shape index (κ3) is 6.87. The maximum atomic E-state index is 14.2. The van der Waals surface area contributed by atoms with E-state index in [4.69, 9.17) is 0 Å². The molecule has 5 rings (SSSR count). The summed E-state index contributed by atoms with van der Waals surface area (Å²) < 4.78 is 111. The van der Waals surface area contributed by atoms with Crippen LogP contribution in [-0.4, -0.2) is 99.5 Å². The zero-order valence-corrected chi connectivity index (χ0v) is 25.1. The van der Waals surface area contributed by atoms with Crippen molar-refractivity contribution in [3.8, 4) is 0 Å². The van der Waals surface area contributed by atoms with Crippen LogP contribution in [0.2, 0.25) is 0 Å². The van der Waals surface area contributed by atoms with E-state index in [-0.39, 0.29) is 36.0 Å². The number of nitrogens with zero attached hydrogens (tertiary/aromatic N) is 4. The first kappa shape index (κ1) is 32.1. The fraction of sp³-hybridized carbons (Fsp3) is 0.750. The van der Waals surface area contributed by atoms with Crippen LogP contribution in [0.4, 0.5) is 36.8 Å². The van der Waals surface area contributed by atoms with Crippen molar-refractivity contribution in [3.05, 3.63) is 29.3 Å². The predicted octanol–water partition coefficient (Wildman–Crippen LogP) is 4.94. The lowest BCUT2D eigenvalue weighted by Gasteiger charge is -2.54. The van der Waals surface area contributed by atoms with Crippen LogP contribution in [0.3, 0.4) is 0 Å². The second-order valence-corrected chi connectivity index (χ2v) is 14.8. The highest BCUT2D eigenvalue weighted by molar-refractivity contribution is 7.88. The van der Waals surface area contributed by atoms with Crippen LogP contribution < -0.4 is 4.90 Å². The lowest BCUT2D eigenvalue weighted by Crippen LogP contribution is -2.60. The van der Waals surface area contributed by atoms with Gasteiger partial charge in [-0.25, -0.2) is 17.5 Å². The molecule has 4 fully saturated rings. The number of hydrogen-bond donors (Lipinski definition) is 0. The summed E-state index contributed by atoms with van der Waals surface area (Å²) in [6.07, 6.45) is -7.99. The minimum Gasteiger partial charge on any atom is -0.437 e. The smallest absolute Gasteiger partial charge is 0.425 e. The van der Waals surface area contributed by atoms with Gasteiger partial charge in [0.2, 0.25) is 10.0 Å². The molecule has 4 aliphatic heterocycles. The fourth-order valence-corrected chi connectivity index (χ4v) is 8.05. The van der Waals surface area contributed by atoms with Crippen molar-refractivity contribution >= 4 is 21.8 Å². The van der Waals surface area contributed by atoms with Crippen molar-refractivity contribution < 1.29 is 44.3 Å². The number of hydrogen-bond acceptors (Lipinski definition) is 6. The number of alkyl halides is 6. The molecule has 1 aromatic rings. The summed E-state index contributed by atoms with van der Waals surface area (Å²) in [5.41, 5.74) is -0.276. The van der Waals surface area contributed by atoms with E-state index < -0.39 is 40.1 Å². The molecule has 0 aromatic heterocycles. The third-order valence-corrected chi connectivity index (χ3v) is 11.1. The van der Waals surface area contributed by atoms with Gasteiger partial charge < -0.3 is 14.5 Å². The molecular formula is C28H38F6N4O4S. The summed E-state index contributed by atoms with van der Waals surface area (Å²) >= 11 is 0. The number of carbonyl (C=O) groups excluding carboxylic acids is 1. The van der Waals surface area contributed by atoms with Gasteiger partial charge in [0, 0.05) is 70.2 Å². The van der Waals surface area contributed by atoms with Gasteiger partial charge in [0.05, 0.1) is 11.8 Å². The third-order valence-electron chi connectivity index (χ3n) is 9.81. The van der Waals surface area contributed by atoms with Gasteiger partial charge >= 0.3 is 18.4 Å². The van der Waals surface area contributed by atoms with E-state index in [0.29, 0.717) is 70.6 Å². The van der Waals surface area contributed by atoms with Crippen LogP contribution in [0.15, 0.2) is 18.2 Å². The number of carbonyl (C=O) groups is 1. The first-order valence-corrected chi connectivity index (χ1v) is 16.4. The molecule has 0 bridgehead atoms. The Bertz CT molecular complexity index is 1300. The number of likely N-dealkylation sites (tertiary alicyclic amines) is 2. The predicted molar refractivity (Wildman–Crippen MR) is 147 cm³/mol. The minimum atomic E-state index is -4.64. The number of piperidine rings is 2. The van der Waals surface area contributed by atoms with Crippen LogP contribution >= 0.6 is 0 Å². The maximum Gasteiger partial charge on any atom is 0.425 e. The van der Waals surface area contributed by atoms with Crippen LogP contribution in [-0.2, 0) is 27.5 Å². The average Bonchev–Trinajstić information content (AvgIpc) is 3.32. The summed E-state index contributed by atoms with van der Waals surface area (Å²) in [5.74, 6) is 0. The Kier molecular flexibility index (Phi) is 8.43. The number of anilines is 1. The quantitative estimate of drug-likeness (QED) is 0.425. The van der Waals surface area contributed by atoms with Gasteiger partial charge in [0.25, 0.3) is 0 Å². The van der Waals surface area contributed by atoms with Crippen molar-refractivity contribution in [1.29, 1.82) is 0 Å². The van der Waals surface area contributed by atoms with E-state index in [2.05, 4.69) is 4.74 Å². The Labute approximate surface area is 248 Å². The monoisotopic (exact) mass is 640 g/mol. The van der Waals surface area contributed by atoms with Gasteiger partial charge in [0.1, 0.15) is 0 Å². The van der Waals surface area contributed by atoms with E-state index in [9.17, 15) is 39.6 Å². The molecule has 1 unspecified atom stereocenters. The normalized spacial score (nSPS) is 23.9. The Morgan fingerprint density at radius 2 is 1.49 bits per heavy atom. The first-order chi connectivity index (χ1) is 19.9. The van der Waals surface area contributed by atoms with Gasteiger partial charge in [-0.3, -0.25) is 4.90 Å². The number of sulfonamides is 1. The van der Waals surface area contributed by atoms with Crippen molar-refractivity contribution in [1.82, 2.24) is 14.1 Å². The highest BCUT2D eigenvalue weighted by Gasteiger charge is 2.48. The molecule has 0 saturated carbocycles. The zero-order chi connectivity index (χ0) is 31.4. The van der Waals surface area contributed by atoms with Crippen LogP contribution in [0, 0.1) is 10.8 Å². The molecule has 43 heavy (non-hydrogen) atoms. The van der Waals surface area contributed by atoms with Gasteiger partial charge in [-0.1, -0.05) is 6.07 Å². The fourth-order valence-electron chi connectivity index (χ4n) is 7.12. The number of benzene rings is 1. The number of amides is 1. The molecule has 1 atom stereocenters. The van der Waals surface area contributed by atoms with E-state index >= 15 is 0 Å². The summed E-state index contributed by atoms with van der Waals surface area (Å²) in [7, 11) is -3.29. The van der Waals surface area contributed by atoms with Crippen molar-refractivity contribution in [3.63, 3.8) is 0 Å². The largest absolute Gasteiger partial charge is 0.437 e. The Morgan fingerprint density at radius 3 is 2.02 bits per heavy atom. The Morgan fingerprint density at radius 1 is 0.907 bits per heavy atom. The molecule has 242 valence electrons. The van der Waals surface area contributed by atoms with E-state index in [1.807, 2.05) is 9.80 Å². The minimum absolute atomic E-state index is 0.102. The number of rotatable bonds is 5. The zero-order valence-electron chi connectivity index (χ0n) is 24.3. The summed E-state index contributed by atoms with van der Waals surface area (Å²) in [6.45, 7) is 4.40. The van der Waals surface area contributed by atoms with Crippen LogP contribution in [0.5, 0.6) is 0 Å². The molecule has 0 N–H and O–H groups in total. The number of halogens is 6. The maximum absolute atomic E-state index is 14.2. The Hall–Kier alpha value is -2.26. The second kappa shape index (κ2) is 11.3. The van der Waals surface area contributed by atoms with Gasteiger partial charge in [-0.05, 0) is 62.0 Å². The van der Waals surface area contributed by atoms with E-state index in [1.54, 1.807) is 6.07 Å². The molecule has 0 aliphatic carbocycles. The molecule has 15 heteroatoms. The summed E-state index contributed by atoms with van der Waals surface area (Å²) in [6, 6.07) is 4.26. The average molecular weight is 641 g/mol.